The van der Waals surface area contributed by atoms with Crippen molar-refractivity contribution in [2.75, 3.05) is 5.32 Å². The van der Waals surface area contributed by atoms with Gasteiger partial charge in [0.15, 0.2) is 0 Å². The molecule has 0 aliphatic carbocycles. The summed E-state index contributed by atoms with van der Waals surface area (Å²) in [5.41, 5.74) is 0.337. The van der Waals surface area contributed by atoms with Crippen LogP contribution < -0.4 is 5.32 Å². The third-order valence-electron chi connectivity index (χ3n) is 2.54. The maximum absolute atomic E-state index is 13.4. The van der Waals surface area contributed by atoms with Crippen LogP contribution in [0.2, 0.25) is 0 Å². The lowest BCUT2D eigenvalue weighted by molar-refractivity contribution is -0.115. The van der Waals surface area contributed by atoms with Gasteiger partial charge in [-0.05, 0) is 23.8 Å². The quantitative estimate of drug-likeness (QED) is 0.836. The summed E-state index contributed by atoms with van der Waals surface area (Å²) in [5, 5.41) is 11.9. The summed E-state index contributed by atoms with van der Waals surface area (Å²) in [6, 6.07) is 9.24. The van der Waals surface area contributed by atoms with Crippen LogP contribution in [0, 0.1) is 11.6 Å². The summed E-state index contributed by atoms with van der Waals surface area (Å²) in [6.07, 6.45) is -0.236. The van der Waals surface area contributed by atoms with E-state index in [0.29, 0.717) is 0 Å². The van der Waals surface area contributed by atoms with Crippen LogP contribution >= 0.6 is 0 Å². The molecule has 1 amide bonds. The number of rotatable bonds is 3. The van der Waals surface area contributed by atoms with Crippen molar-refractivity contribution in [1.29, 1.82) is 0 Å². The summed E-state index contributed by atoms with van der Waals surface area (Å²) in [7, 11) is 0. The zero-order valence-corrected chi connectivity index (χ0v) is 9.86. The Bertz CT molecular complexity index is 614. The molecule has 0 aromatic heterocycles. The van der Waals surface area contributed by atoms with E-state index in [-0.39, 0.29) is 23.4 Å². The minimum atomic E-state index is -0.771. The van der Waals surface area contributed by atoms with Gasteiger partial charge < -0.3 is 10.4 Å². The van der Waals surface area contributed by atoms with Gasteiger partial charge in [0, 0.05) is 6.07 Å². The Morgan fingerprint density at radius 2 is 1.89 bits per heavy atom. The molecule has 2 aromatic rings. The summed E-state index contributed by atoms with van der Waals surface area (Å²) in [5.74, 6) is -2.03. The van der Waals surface area contributed by atoms with Crippen molar-refractivity contribution in [2.45, 2.75) is 6.42 Å². The minimum absolute atomic E-state index is 0.0737. The number of anilines is 1. The highest BCUT2D eigenvalue weighted by molar-refractivity contribution is 5.93. The van der Waals surface area contributed by atoms with Gasteiger partial charge in [-0.15, -0.1) is 0 Å². The van der Waals surface area contributed by atoms with Gasteiger partial charge in [-0.25, -0.2) is 8.78 Å². The maximum Gasteiger partial charge on any atom is 0.229 e. The number of para-hydroxylation sites is 2. The lowest BCUT2D eigenvalue weighted by Crippen LogP contribution is -2.15. The van der Waals surface area contributed by atoms with Crippen LogP contribution in [0.4, 0.5) is 14.5 Å². The Morgan fingerprint density at radius 3 is 2.58 bits per heavy atom. The molecule has 0 spiro atoms. The van der Waals surface area contributed by atoms with Gasteiger partial charge in [-0.2, -0.15) is 0 Å². The highest BCUT2D eigenvalue weighted by Gasteiger charge is 2.10. The lowest BCUT2D eigenvalue weighted by atomic mass is 10.1. The van der Waals surface area contributed by atoms with Crippen molar-refractivity contribution in [2.24, 2.45) is 0 Å². The van der Waals surface area contributed by atoms with E-state index >= 15 is 0 Å². The van der Waals surface area contributed by atoms with Gasteiger partial charge in [-0.1, -0.05) is 18.2 Å². The predicted molar refractivity (Wildman–Crippen MR) is 66.8 cm³/mol. The third kappa shape index (κ3) is 3.28. The van der Waals surface area contributed by atoms with E-state index in [1.165, 1.54) is 18.2 Å². The largest absolute Gasteiger partial charge is 0.506 e. The lowest BCUT2D eigenvalue weighted by Gasteiger charge is -2.07. The molecule has 2 N–H and O–H groups in total. The molecule has 2 aromatic carbocycles. The molecule has 0 atom stereocenters. The molecule has 0 fully saturated rings. The van der Waals surface area contributed by atoms with E-state index in [2.05, 4.69) is 5.32 Å². The molecule has 0 saturated heterocycles. The number of amides is 1. The number of carbonyl (C=O) groups is 1. The second kappa shape index (κ2) is 5.48. The van der Waals surface area contributed by atoms with Crippen molar-refractivity contribution in [1.82, 2.24) is 0 Å². The van der Waals surface area contributed by atoms with Crippen LogP contribution in [-0.2, 0) is 11.2 Å². The first-order chi connectivity index (χ1) is 9.06. The van der Waals surface area contributed by atoms with Crippen LogP contribution in [0.5, 0.6) is 5.75 Å². The summed E-state index contributed by atoms with van der Waals surface area (Å²) >= 11 is 0. The van der Waals surface area contributed by atoms with Crippen LogP contribution in [0.25, 0.3) is 0 Å². The van der Waals surface area contributed by atoms with Gasteiger partial charge in [0.05, 0.1) is 12.1 Å². The Kier molecular flexibility index (Phi) is 3.75. The zero-order valence-electron chi connectivity index (χ0n) is 9.86. The number of hydrogen-bond donors (Lipinski definition) is 2. The van der Waals surface area contributed by atoms with E-state index < -0.39 is 17.5 Å². The summed E-state index contributed by atoms with van der Waals surface area (Å²) < 4.78 is 26.1. The number of nitrogens with one attached hydrogen (secondary N) is 1. The first-order valence-corrected chi connectivity index (χ1v) is 5.58. The van der Waals surface area contributed by atoms with Crippen molar-refractivity contribution in [3.05, 3.63) is 59.7 Å². The fourth-order valence-corrected chi connectivity index (χ4v) is 1.61. The molecule has 0 radical (unpaired) electrons. The molecular formula is C14H11F2NO2. The molecule has 0 aliphatic rings. The molecule has 0 unspecified atom stereocenters. The molecule has 0 bridgehead atoms. The molecule has 5 heteroatoms. The minimum Gasteiger partial charge on any atom is -0.506 e. The average Bonchev–Trinajstić information content (AvgIpc) is 2.36. The van der Waals surface area contributed by atoms with Crippen LogP contribution in [-0.4, -0.2) is 11.0 Å². The molecule has 0 aliphatic heterocycles. The highest BCUT2D eigenvalue weighted by atomic mass is 19.1. The van der Waals surface area contributed by atoms with Crippen molar-refractivity contribution < 1.29 is 18.7 Å². The van der Waals surface area contributed by atoms with Gasteiger partial charge in [0.2, 0.25) is 5.91 Å². The number of aromatic hydroxyl groups is 1. The van der Waals surface area contributed by atoms with Gasteiger partial charge in [0.1, 0.15) is 17.4 Å². The second-order valence-corrected chi connectivity index (χ2v) is 3.98. The number of benzene rings is 2. The number of phenolic OH excluding ortho intramolecular Hbond substituents is 1. The van der Waals surface area contributed by atoms with E-state index in [1.807, 2.05) is 0 Å². The highest BCUT2D eigenvalue weighted by Crippen LogP contribution is 2.21. The van der Waals surface area contributed by atoms with E-state index in [9.17, 15) is 18.7 Å². The summed E-state index contributed by atoms with van der Waals surface area (Å²) in [6.45, 7) is 0. The Labute approximate surface area is 108 Å². The van der Waals surface area contributed by atoms with Crippen LogP contribution in [0.1, 0.15) is 5.56 Å². The Balaban J connectivity index is 2.08. The van der Waals surface area contributed by atoms with Gasteiger partial charge in [-0.3, -0.25) is 4.79 Å². The first-order valence-electron chi connectivity index (χ1n) is 5.58. The predicted octanol–water partition coefficient (Wildman–Crippen LogP) is 2.85. The van der Waals surface area contributed by atoms with E-state index in [1.54, 1.807) is 12.1 Å². The molecule has 19 heavy (non-hydrogen) atoms. The normalized spacial score (nSPS) is 10.2. The van der Waals surface area contributed by atoms with Crippen molar-refractivity contribution >= 4 is 11.6 Å². The molecule has 0 saturated carbocycles. The number of phenols is 1. The Hall–Kier alpha value is -2.43. The van der Waals surface area contributed by atoms with Crippen molar-refractivity contribution in [3.63, 3.8) is 0 Å². The van der Waals surface area contributed by atoms with E-state index in [4.69, 9.17) is 0 Å². The molecule has 98 valence electrons. The van der Waals surface area contributed by atoms with Gasteiger partial charge in [0.25, 0.3) is 0 Å². The average molecular weight is 263 g/mol. The second-order valence-electron chi connectivity index (χ2n) is 3.98. The van der Waals surface area contributed by atoms with Crippen molar-refractivity contribution in [3.8, 4) is 5.75 Å². The van der Waals surface area contributed by atoms with E-state index in [0.717, 1.165) is 12.1 Å². The molecular weight excluding hydrogens is 252 g/mol. The number of halogens is 2. The maximum atomic E-state index is 13.4. The van der Waals surface area contributed by atoms with Gasteiger partial charge >= 0.3 is 0 Å². The van der Waals surface area contributed by atoms with Crippen LogP contribution in [0.15, 0.2) is 42.5 Å². The smallest absolute Gasteiger partial charge is 0.229 e. The molecule has 3 nitrogen and oxygen atoms in total. The number of hydrogen-bond acceptors (Lipinski definition) is 2. The summed E-state index contributed by atoms with van der Waals surface area (Å²) in [4.78, 5) is 11.7. The molecule has 0 heterocycles. The fraction of sp³-hybridized carbons (Fsp3) is 0.0714. The standard InChI is InChI=1S/C14H11F2NO2/c15-10-6-5-9(11(16)8-10)7-14(19)17-12-3-1-2-4-13(12)18/h1-6,8,18H,7H2,(H,17,19). The monoisotopic (exact) mass is 263 g/mol. The molecule has 2 rings (SSSR count). The third-order valence-corrected chi connectivity index (χ3v) is 2.54. The first kappa shape index (κ1) is 13.0. The fourth-order valence-electron chi connectivity index (χ4n) is 1.61. The topological polar surface area (TPSA) is 49.3 Å². The SMILES string of the molecule is O=C(Cc1ccc(F)cc1F)Nc1ccccc1O. The Morgan fingerprint density at radius 1 is 1.16 bits per heavy atom. The number of carbonyl (C=O) groups excluding carboxylic acids is 1. The zero-order chi connectivity index (χ0) is 13.8. The van der Waals surface area contributed by atoms with Crippen LogP contribution in [0.3, 0.4) is 0 Å².